The normalized spacial score (nSPS) is 19.2. The fourth-order valence-corrected chi connectivity index (χ4v) is 9.26. The zero-order valence-corrected chi connectivity index (χ0v) is 34.0. The van der Waals surface area contributed by atoms with E-state index in [4.69, 9.17) is 14.6 Å². The van der Waals surface area contributed by atoms with E-state index in [1.165, 1.54) is 19.3 Å². The van der Waals surface area contributed by atoms with Crippen molar-refractivity contribution in [3.05, 3.63) is 75.7 Å². The molecule has 0 saturated carbocycles. The van der Waals surface area contributed by atoms with E-state index in [1.807, 2.05) is 59.1 Å². The number of nitrogens with one attached hydrogen (secondary N) is 1. The highest BCUT2D eigenvalue weighted by Crippen LogP contribution is 2.33. The summed E-state index contributed by atoms with van der Waals surface area (Å²) in [5.74, 6) is -0.175. The Kier molecular flexibility index (Phi) is 11.8. The average Bonchev–Trinajstić information content (AvgIpc) is 3.59. The lowest BCUT2D eigenvalue weighted by Gasteiger charge is -2.41. The molecule has 5 heterocycles. The van der Waals surface area contributed by atoms with Gasteiger partial charge in [-0.25, -0.2) is 9.48 Å². The van der Waals surface area contributed by atoms with Gasteiger partial charge in [0, 0.05) is 76.0 Å². The van der Waals surface area contributed by atoms with Crippen LogP contribution >= 0.6 is 0 Å². The Bertz CT molecular complexity index is 2040. The van der Waals surface area contributed by atoms with Crippen molar-refractivity contribution in [3.63, 3.8) is 0 Å². The number of benzene rings is 2. The van der Waals surface area contributed by atoms with E-state index >= 15 is 0 Å². The van der Waals surface area contributed by atoms with E-state index in [9.17, 15) is 19.5 Å². The molecule has 55 heavy (non-hydrogen) atoms. The summed E-state index contributed by atoms with van der Waals surface area (Å²) in [7, 11) is -1.20. The molecule has 2 aromatic carbocycles. The fraction of sp³-hybridized carbons (Fsp3) is 0.571. The summed E-state index contributed by atoms with van der Waals surface area (Å²) < 4.78 is 13.9. The summed E-state index contributed by atoms with van der Waals surface area (Å²) >= 11 is 0. The smallest absolute Gasteiger partial charge is 0.410 e. The molecule has 1 atom stereocenters. The molecule has 12 nitrogen and oxygen atoms in total. The van der Waals surface area contributed by atoms with Gasteiger partial charge in [-0.1, -0.05) is 50.3 Å². The summed E-state index contributed by atoms with van der Waals surface area (Å²) in [6.45, 7) is 14.0. The molecule has 13 heteroatoms. The Morgan fingerprint density at radius 3 is 2.42 bits per heavy atom. The number of piperidine rings is 3. The number of nitrogens with zero attached hydrogens (tertiary/aromatic N) is 5. The number of fused-ring (bicyclic) bond motifs is 2. The van der Waals surface area contributed by atoms with Crippen LogP contribution in [-0.2, 0) is 33.0 Å². The molecule has 0 bridgehead atoms. The third kappa shape index (κ3) is 9.33. The topological polar surface area (TPSA) is 133 Å². The van der Waals surface area contributed by atoms with Crippen LogP contribution in [0.5, 0.6) is 0 Å². The second kappa shape index (κ2) is 16.6. The van der Waals surface area contributed by atoms with Gasteiger partial charge in [-0.15, -0.1) is 0 Å². The summed E-state index contributed by atoms with van der Waals surface area (Å²) in [5.41, 5.74) is 2.03. The number of ether oxygens (including phenoxy) is 2. The molecular weight excluding hydrogens is 713 g/mol. The molecule has 7 rings (SSSR count). The number of rotatable bonds is 11. The molecule has 2 aromatic heterocycles. The van der Waals surface area contributed by atoms with E-state index in [-0.39, 0.29) is 43.8 Å². The highest BCUT2D eigenvalue weighted by Gasteiger charge is 2.40. The van der Waals surface area contributed by atoms with Crippen LogP contribution in [0.15, 0.2) is 53.5 Å². The monoisotopic (exact) mass is 770 g/mol. The van der Waals surface area contributed by atoms with Crippen molar-refractivity contribution in [2.24, 2.45) is 0 Å². The van der Waals surface area contributed by atoms with Crippen LogP contribution in [0.1, 0.15) is 61.6 Å². The Hall–Kier alpha value is -4.04. The first-order chi connectivity index (χ1) is 26.3. The van der Waals surface area contributed by atoms with Crippen molar-refractivity contribution in [3.8, 4) is 0 Å². The summed E-state index contributed by atoms with van der Waals surface area (Å²) in [4.78, 5) is 50.1. The van der Waals surface area contributed by atoms with Crippen LogP contribution < -0.4 is 5.56 Å². The second-order valence-electron chi connectivity index (χ2n) is 17.2. The molecule has 4 aromatic rings. The third-order valence-electron chi connectivity index (χ3n) is 11.9. The van der Waals surface area contributed by atoms with Gasteiger partial charge in [-0.3, -0.25) is 9.59 Å². The third-order valence-corrected chi connectivity index (χ3v) is 13.6. The number of hydrogen-bond acceptors (Lipinski definition) is 8. The van der Waals surface area contributed by atoms with E-state index < -0.39 is 25.9 Å². The van der Waals surface area contributed by atoms with Gasteiger partial charge in [0.1, 0.15) is 6.73 Å². The number of likely N-dealkylation sites (tertiary alicyclic amines) is 3. The van der Waals surface area contributed by atoms with Crippen molar-refractivity contribution < 1.29 is 24.2 Å². The predicted molar refractivity (Wildman–Crippen MR) is 217 cm³/mol. The minimum Gasteiger partial charge on any atom is -0.436 e. The molecule has 3 saturated heterocycles. The van der Waals surface area contributed by atoms with Crippen LogP contribution in [0.3, 0.4) is 0 Å². The number of para-hydroxylation sites is 1. The molecule has 2 amide bonds. The summed E-state index contributed by atoms with van der Waals surface area (Å²) in [6.07, 6.45) is 6.54. The van der Waals surface area contributed by atoms with Crippen molar-refractivity contribution in [2.45, 2.75) is 108 Å². The standard InChI is InChI=1S/C42H58N6O6Si/c1-30-24-31(25-33-28-48(44-38(30)33)29-53-22-23-55(2,3)4)26-37(40(50)46-18-12-34(13-19-46)45-16-8-5-9-17-45)54-41(51)47-20-14-42(52,15-21-47)35-27-32-10-6-7-11-36(32)43-39(35)49/h6-7,10-11,24-25,27-28,34,37,52H,5,8-9,12-23,26,29H2,1-4H3,(H,43,49)/t37-/m1/s1. The van der Waals surface area contributed by atoms with Gasteiger partial charge in [0.25, 0.3) is 11.5 Å². The molecule has 3 aliphatic rings. The zero-order chi connectivity index (χ0) is 38.7. The maximum Gasteiger partial charge on any atom is 0.410 e. The molecule has 3 aliphatic heterocycles. The molecule has 0 spiro atoms. The molecular formula is C42H58N6O6Si. The van der Waals surface area contributed by atoms with E-state index in [0.29, 0.717) is 43.5 Å². The Morgan fingerprint density at radius 1 is 0.964 bits per heavy atom. The number of amides is 2. The van der Waals surface area contributed by atoms with Gasteiger partial charge < -0.3 is 34.3 Å². The van der Waals surface area contributed by atoms with E-state index in [1.54, 1.807) is 11.0 Å². The van der Waals surface area contributed by atoms with Crippen molar-refractivity contribution in [2.75, 3.05) is 45.9 Å². The molecule has 2 N–H and O–H groups in total. The lowest BCUT2D eigenvalue weighted by atomic mass is 9.84. The van der Waals surface area contributed by atoms with Crippen molar-refractivity contribution in [1.29, 1.82) is 0 Å². The SMILES string of the molecule is Cc1cc(C[C@@H](OC(=O)N2CCC(O)(c3cc4ccccc4[nH]c3=O)CC2)C(=O)N2CCC(N3CCCCC3)CC2)cc2cn(COCC[Si](C)(C)C)nc12. The first kappa shape index (κ1) is 39.2. The van der Waals surface area contributed by atoms with E-state index in [2.05, 4.69) is 29.5 Å². The lowest BCUT2D eigenvalue weighted by molar-refractivity contribution is -0.142. The summed E-state index contributed by atoms with van der Waals surface area (Å²) in [6, 6.07) is 14.8. The number of pyridine rings is 1. The Morgan fingerprint density at radius 2 is 1.69 bits per heavy atom. The number of aromatic amines is 1. The number of aliphatic hydroxyl groups is 1. The zero-order valence-electron chi connectivity index (χ0n) is 33.0. The van der Waals surface area contributed by atoms with Crippen molar-refractivity contribution >= 4 is 41.9 Å². The highest BCUT2D eigenvalue weighted by atomic mass is 28.3. The lowest BCUT2D eigenvalue weighted by Crippen LogP contribution is -2.52. The van der Waals surface area contributed by atoms with Crippen LogP contribution in [0.4, 0.5) is 4.79 Å². The number of carbonyl (C=O) groups is 2. The van der Waals surface area contributed by atoms with Crippen LogP contribution in [0, 0.1) is 6.92 Å². The van der Waals surface area contributed by atoms with Crippen LogP contribution in [0.2, 0.25) is 25.7 Å². The molecule has 3 fully saturated rings. The molecule has 296 valence electrons. The minimum atomic E-state index is -1.39. The number of hydrogen-bond donors (Lipinski definition) is 2. The average molecular weight is 771 g/mol. The van der Waals surface area contributed by atoms with Crippen LogP contribution in [0.25, 0.3) is 21.8 Å². The van der Waals surface area contributed by atoms with Gasteiger partial charge >= 0.3 is 6.09 Å². The van der Waals surface area contributed by atoms with Gasteiger partial charge in [-0.2, -0.15) is 5.10 Å². The quantitative estimate of drug-likeness (QED) is 0.140. The maximum atomic E-state index is 14.3. The number of H-pyrrole nitrogens is 1. The Balaban J connectivity index is 1.05. The van der Waals surface area contributed by atoms with Gasteiger partial charge in [0.2, 0.25) is 0 Å². The number of carbonyl (C=O) groups excluding carboxylic acids is 2. The van der Waals surface area contributed by atoms with E-state index in [0.717, 1.165) is 59.4 Å². The minimum absolute atomic E-state index is 0.174. The van der Waals surface area contributed by atoms with Crippen LogP contribution in [-0.4, -0.2) is 113 Å². The maximum absolute atomic E-state index is 14.3. The number of aromatic nitrogens is 3. The highest BCUT2D eigenvalue weighted by molar-refractivity contribution is 6.76. The largest absolute Gasteiger partial charge is 0.436 e. The Labute approximate surface area is 324 Å². The number of aryl methyl sites for hydroxylation is 1. The van der Waals surface area contributed by atoms with Gasteiger partial charge in [0.05, 0.1) is 11.1 Å². The fourth-order valence-electron chi connectivity index (χ4n) is 8.51. The molecule has 0 aliphatic carbocycles. The first-order valence-electron chi connectivity index (χ1n) is 20.2. The van der Waals surface area contributed by atoms with Gasteiger partial charge in [-0.05, 0) is 99.3 Å². The molecule has 0 radical (unpaired) electrons. The van der Waals surface area contributed by atoms with Gasteiger partial charge in [0.15, 0.2) is 6.10 Å². The summed E-state index contributed by atoms with van der Waals surface area (Å²) in [5, 5.41) is 18.2. The second-order valence-corrected chi connectivity index (χ2v) is 22.8. The van der Waals surface area contributed by atoms with Crippen molar-refractivity contribution in [1.82, 2.24) is 29.5 Å². The predicted octanol–water partition coefficient (Wildman–Crippen LogP) is 6.01. The molecule has 0 unspecified atom stereocenters. The first-order valence-corrected chi connectivity index (χ1v) is 23.9.